The number of carboxylic acid groups (broad SMARTS) is 2. The number of unbranched alkanes of at least 4 members (excludes halogenated alkanes) is 10. The number of thiazole rings is 1. The number of carboxylic acids is 2. The molecule has 2 aromatic carbocycles. The molecular formula is C44H53N3O8S4. The van der Waals surface area contributed by atoms with E-state index in [0.717, 1.165) is 66.5 Å². The molecule has 1 saturated carbocycles. The third-order valence-electron chi connectivity index (χ3n) is 11.0. The Kier molecular flexibility index (Phi) is 18.0. The van der Waals surface area contributed by atoms with Crippen molar-refractivity contribution in [3.8, 4) is 0 Å². The summed E-state index contributed by atoms with van der Waals surface area (Å²) in [6.45, 7) is 2.08. The summed E-state index contributed by atoms with van der Waals surface area (Å²) >= 11 is 9.71. The van der Waals surface area contributed by atoms with Gasteiger partial charge in [-0.1, -0.05) is 101 Å². The van der Waals surface area contributed by atoms with Crippen LogP contribution in [0.2, 0.25) is 0 Å². The average molecular weight is 880 g/mol. The maximum absolute atomic E-state index is 13.8. The number of hydrogen-bond acceptors (Lipinski definition) is 11. The summed E-state index contributed by atoms with van der Waals surface area (Å²) in [6.07, 6.45) is 19.0. The molecule has 1 aliphatic carbocycles. The molecule has 15 heteroatoms. The summed E-state index contributed by atoms with van der Waals surface area (Å²) in [5.74, 6) is -0.787. The smallest absolute Gasteiger partial charge is 0.373 e. The van der Waals surface area contributed by atoms with Crippen molar-refractivity contribution < 1.29 is 34.2 Å². The highest BCUT2D eigenvalue weighted by Crippen LogP contribution is 2.52. The lowest BCUT2D eigenvalue weighted by Gasteiger charge is -2.27. The van der Waals surface area contributed by atoms with Gasteiger partial charge in [0.1, 0.15) is 20.4 Å². The Morgan fingerprint density at radius 3 is 2.27 bits per heavy atom. The molecule has 0 spiro atoms. The molecule has 2 fully saturated rings. The number of thiocarbonyl (C=S) groups is 1. The van der Waals surface area contributed by atoms with E-state index in [1.54, 1.807) is 0 Å². The molecule has 0 radical (unpaired) electrons. The first-order valence-corrected chi connectivity index (χ1v) is 23.7. The minimum absolute atomic E-state index is 0.117. The third-order valence-corrected chi connectivity index (χ3v) is 14.8. The molecule has 6 rings (SSSR count). The second-order valence-electron chi connectivity index (χ2n) is 15.1. The Morgan fingerprint density at radius 1 is 0.898 bits per heavy atom. The summed E-state index contributed by atoms with van der Waals surface area (Å²) in [6, 6.07) is 15.8. The largest absolute Gasteiger partial charge is 0.481 e. The lowest BCUT2D eigenvalue weighted by Crippen LogP contribution is -2.35. The number of fused-ring (bicyclic) bond motifs is 3. The summed E-state index contributed by atoms with van der Waals surface area (Å²) in [5, 5.41) is 18.6. The van der Waals surface area contributed by atoms with Gasteiger partial charge in [0.25, 0.3) is 11.5 Å². The molecular weight excluding hydrogens is 827 g/mol. The van der Waals surface area contributed by atoms with Crippen molar-refractivity contribution in [1.82, 2.24) is 9.47 Å². The number of aliphatic carboxylic acids is 2. The Bertz CT molecular complexity index is 2180. The summed E-state index contributed by atoms with van der Waals surface area (Å²) < 4.78 is 2.21. The van der Waals surface area contributed by atoms with Crippen molar-refractivity contribution in [3.63, 3.8) is 0 Å². The van der Waals surface area contributed by atoms with Crippen LogP contribution < -0.4 is 19.7 Å². The molecule has 2 unspecified atom stereocenters. The zero-order valence-electron chi connectivity index (χ0n) is 33.5. The van der Waals surface area contributed by atoms with Crippen LogP contribution in [-0.2, 0) is 30.5 Å². The van der Waals surface area contributed by atoms with Crippen LogP contribution in [-0.4, -0.2) is 66.3 Å². The number of anilines is 2. The first-order valence-electron chi connectivity index (χ1n) is 20.7. The van der Waals surface area contributed by atoms with E-state index in [9.17, 15) is 24.3 Å². The molecule has 1 aromatic heterocycles. The van der Waals surface area contributed by atoms with E-state index in [-0.39, 0.29) is 23.4 Å². The van der Waals surface area contributed by atoms with Gasteiger partial charge in [0.2, 0.25) is 0 Å². The molecule has 2 aliphatic heterocycles. The van der Waals surface area contributed by atoms with Crippen molar-refractivity contribution >= 4 is 97.8 Å². The predicted molar refractivity (Wildman–Crippen MR) is 239 cm³/mol. The number of benzene rings is 2. The van der Waals surface area contributed by atoms with Crippen LogP contribution >= 0.6 is 47.1 Å². The molecule has 2 N–H and O–H groups in total. The van der Waals surface area contributed by atoms with Gasteiger partial charge in [-0.2, -0.15) is 9.59 Å². The van der Waals surface area contributed by atoms with Gasteiger partial charge < -0.3 is 15.1 Å². The minimum atomic E-state index is -1.17. The summed E-state index contributed by atoms with van der Waals surface area (Å²) in [7, 11) is 0. The van der Waals surface area contributed by atoms with Gasteiger partial charge in [-0.15, -0.1) is 23.1 Å². The number of carbonyl (C=O) groups excluding carboxylic acids is 3. The van der Waals surface area contributed by atoms with E-state index in [1.165, 1.54) is 82.7 Å². The van der Waals surface area contributed by atoms with E-state index in [2.05, 4.69) is 48.2 Å². The van der Waals surface area contributed by atoms with E-state index >= 15 is 0 Å². The van der Waals surface area contributed by atoms with E-state index in [1.807, 2.05) is 23.9 Å². The van der Waals surface area contributed by atoms with Crippen molar-refractivity contribution in [3.05, 3.63) is 73.1 Å². The summed E-state index contributed by atoms with van der Waals surface area (Å²) in [5.41, 5.74) is 4.10. The number of hydrogen-bond donors (Lipinski definition) is 2. The zero-order chi connectivity index (χ0) is 42.3. The molecule has 0 bridgehead atoms. The molecule has 1 amide bonds. The maximum atomic E-state index is 13.8. The Labute approximate surface area is 362 Å². The second-order valence-corrected chi connectivity index (χ2v) is 18.9. The highest BCUT2D eigenvalue weighted by atomic mass is 32.2. The fourth-order valence-corrected chi connectivity index (χ4v) is 11.6. The van der Waals surface area contributed by atoms with Gasteiger partial charge in [-0.05, 0) is 91.5 Å². The van der Waals surface area contributed by atoms with Crippen molar-refractivity contribution in [2.45, 2.75) is 133 Å². The highest BCUT2D eigenvalue weighted by molar-refractivity contribution is 8.30. The topological polar surface area (TPSA) is 154 Å². The number of thioether (sulfide) groups is 2. The number of aromatic nitrogens is 1. The van der Waals surface area contributed by atoms with Gasteiger partial charge in [0.05, 0.1) is 4.53 Å². The molecule has 3 aromatic rings. The molecule has 59 heavy (non-hydrogen) atoms. The molecule has 1 saturated heterocycles. The first-order chi connectivity index (χ1) is 28.6. The summed E-state index contributed by atoms with van der Waals surface area (Å²) in [4.78, 5) is 71.9. The standard InChI is InChI=1S/C43H53N3O6S4.CO2/c1-2-3-4-5-6-7-10-13-25-54-31-21-19-30(20-22-31)46-34-16-14-15-32(34)33-26-29(18-23-35(33)46)27-36-40(51)45(28-38(49)50)42(55-36)39-41(52)44(43(53)56-39)24-12-9-8-11-17-37(47)48;2-1-3/h18-23,26-27,32,34H,2-17,24-25,28H2,1H3,(H,47,48)(H,49,50);. The predicted octanol–water partition coefficient (Wildman–Crippen LogP) is 8.26. The van der Waals surface area contributed by atoms with E-state index in [0.29, 0.717) is 44.9 Å². The third kappa shape index (κ3) is 12.3. The number of rotatable bonds is 21. The maximum Gasteiger partial charge on any atom is 0.373 e. The second kappa shape index (κ2) is 23.1. The SMILES string of the molecule is CCCCCCCCCCSc1ccc(N2c3ccc(C=c4sc(=C5SC(=S)N(CCCCCCC(=O)O)C5=O)n(CC(=O)O)c4=O)cc3C3CCCC32)cc1.O=C=O. The van der Waals surface area contributed by atoms with Crippen LogP contribution in [0.3, 0.4) is 0 Å². The average Bonchev–Trinajstić information content (AvgIpc) is 3.95. The Hall–Kier alpha value is -4.01. The lowest BCUT2D eigenvalue weighted by molar-refractivity contribution is -0.191. The zero-order valence-corrected chi connectivity index (χ0v) is 36.8. The fraction of sp³-hybridized carbons (Fsp3) is 0.500. The van der Waals surface area contributed by atoms with Crippen LogP contribution in [0.15, 0.2) is 52.2 Å². The van der Waals surface area contributed by atoms with Crippen LogP contribution in [0.5, 0.6) is 0 Å². The number of nitrogens with zero attached hydrogens (tertiary/aromatic N) is 3. The monoisotopic (exact) mass is 879 g/mol. The lowest BCUT2D eigenvalue weighted by atomic mass is 9.96. The van der Waals surface area contributed by atoms with Gasteiger partial charge in [-0.3, -0.25) is 28.6 Å². The highest BCUT2D eigenvalue weighted by Gasteiger charge is 2.42. The quantitative estimate of drug-likeness (QED) is 0.0602. The Morgan fingerprint density at radius 2 is 1.58 bits per heavy atom. The van der Waals surface area contributed by atoms with Gasteiger partial charge in [0, 0.05) is 41.2 Å². The number of carbonyl (C=O) groups is 3. The molecule has 3 aliphatic rings. The van der Waals surface area contributed by atoms with E-state index < -0.39 is 24.0 Å². The molecule has 3 heterocycles. The normalized spacial score (nSPS) is 18.2. The van der Waals surface area contributed by atoms with E-state index in [4.69, 9.17) is 26.9 Å². The Balaban J connectivity index is 0.00000214. The van der Waals surface area contributed by atoms with Crippen molar-refractivity contribution in [1.29, 1.82) is 0 Å². The van der Waals surface area contributed by atoms with Crippen molar-refractivity contribution in [2.24, 2.45) is 0 Å². The van der Waals surface area contributed by atoms with Crippen molar-refractivity contribution in [2.75, 3.05) is 17.2 Å². The molecule has 2 atom stereocenters. The van der Waals surface area contributed by atoms with Gasteiger partial charge >= 0.3 is 18.1 Å². The fourth-order valence-electron chi connectivity index (χ4n) is 8.17. The van der Waals surface area contributed by atoms with Crippen LogP contribution in [0.4, 0.5) is 11.4 Å². The minimum Gasteiger partial charge on any atom is -0.481 e. The van der Waals surface area contributed by atoms with Crippen LogP contribution in [0.25, 0.3) is 11.0 Å². The first kappa shape index (κ1) is 46.1. The molecule has 11 nitrogen and oxygen atoms in total. The van der Waals surface area contributed by atoms with Crippen LogP contribution in [0, 0.1) is 0 Å². The number of amides is 1. The molecule has 316 valence electrons. The van der Waals surface area contributed by atoms with Gasteiger partial charge in [-0.25, -0.2) is 0 Å². The van der Waals surface area contributed by atoms with Gasteiger partial charge in [0.15, 0.2) is 0 Å². The van der Waals surface area contributed by atoms with Crippen LogP contribution in [0.1, 0.15) is 127 Å².